The van der Waals surface area contributed by atoms with Crippen molar-refractivity contribution >= 4 is 0 Å². The van der Waals surface area contributed by atoms with E-state index in [0.29, 0.717) is 24.6 Å². The quantitative estimate of drug-likeness (QED) is 0.812. The van der Waals surface area contributed by atoms with Crippen LogP contribution in [-0.4, -0.2) is 35.7 Å². The molecule has 0 saturated heterocycles. The van der Waals surface area contributed by atoms with Gasteiger partial charge in [0.25, 0.3) is 0 Å². The zero-order chi connectivity index (χ0) is 16.1. The third kappa shape index (κ3) is 3.78. The molecule has 6 heteroatoms. The van der Waals surface area contributed by atoms with E-state index in [9.17, 15) is 5.11 Å². The highest BCUT2D eigenvalue weighted by Gasteiger charge is 2.11. The highest BCUT2D eigenvalue weighted by Crippen LogP contribution is 2.26. The minimum absolute atomic E-state index is 0.435. The summed E-state index contributed by atoms with van der Waals surface area (Å²) in [6.07, 6.45) is 1.20. The summed E-state index contributed by atoms with van der Waals surface area (Å²) in [4.78, 5) is 0. The van der Waals surface area contributed by atoms with Crippen LogP contribution < -0.4 is 14.8 Å². The molecule has 0 bridgehead atoms. The molecule has 1 aromatic carbocycles. The third-order valence-electron chi connectivity index (χ3n) is 3.75. The number of nitrogens with zero attached hydrogens (tertiary/aromatic N) is 2. The van der Waals surface area contributed by atoms with E-state index in [0.717, 1.165) is 16.8 Å². The number of benzene rings is 1. The second-order valence-electron chi connectivity index (χ2n) is 5.17. The van der Waals surface area contributed by atoms with E-state index in [1.54, 1.807) is 20.3 Å². The Balaban J connectivity index is 1.97. The maximum absolute atomic E-state index is 10.3. The van der Waals surface area contributed by atoms with Crippen LogP contribution in [0.1, 0.15) is 22.9 Å². The van der Waals surface area contributed by atoms with Crippen molar-refractivity contribution in [1.82, 2.24) is 15.1 Å². The molecule has 0 spiro atoms. The van der Waals surface area contributed by atoms with Gasteiger partial charge in [0.2, 0.25) is 0 Å². The van der Waals surface area contributed by atoms with Gasteiger partial charge in [0.1, 0.15) is 11.5 Å². The molecular formula is C16H23N3O3. The first kappa shape index (κ1) is 16.3. The normalized spacial score (nSPS) is 12.2. The predicted octanol–water partition coefficient (Wildman–Crippen LogP) is 1.57. The highest BCUT2D eigenvalue weighted by atomic mass is 16.5. The number of rotatable bonds is 7. The van der Waals surface area contributed by atoms with Gasteiger partial charge in [0.05, 0.1) is 26.5 Å². The van der Waals surface area contributed by atoms with Crippen LogP contribution in [0.15, 0.2) is 24.4 Å². The van der Waals surface area contributed by atoms with Crippen LogP contribution in [0.5, 0.6) is 11.5 Å². The topological polar surface area (TPSA) is 68.5 Å². The van der Waals surface area contributed by atoms with Gasteiger partial charge in [-0.3, -0.25) is 4.68 Å². The summed E-state index contributed by atoms with van der Waals surface area (Å²) in [5, 5.41) is 17.8. The predicted molar refractivity (Wildman–Crippen MR) is 84.2 cm³/mol. The van der Waals surface area contributed by atoms with Gasteiger partial charge in [-0.25, -0.2) is 0 Å². The monoisotopic (exact) mass is 305 g/mol. The van der Waals surface area contributed by atoms with E-state index in [4.69, 9.17) is 9.47 Å². The van der Waals surface area contributed by atoms with Gasteiger partial charge in [0, 0.05) is 37.5 Å². The van der Waals surface area contributed by atoms with E-state index in [1.165, 1.54) is 0 Å². The first-order valence-electron chi connectivity index (χ1n) is 7.14. The lowest BCUT2D eigenvalue weighted by atomic mass is 10.1. The summed E-state index contributed by atoms with van der Waals surface area (Å²) in [6.45, 7) is 3.12. The number of aryl methyl sites for hydroxylation is 1. The summed E-state index contributed by atoms with van der Waals surface area (Å²) in [6, 6.07) is 5.40. The number of methoxy groups -OCH3 is 2. The van der Waals surface area contributed by atoms with Crippen molar-refractivity contribution in [2.24, 2.45) is 7.05 Å². The summed E-state index contributed by atoms with van der Waals surface area (Å²) in [5.74, 6) is 1.33. The van der Waals surface area contributed by atoms with Crippen molar-refractivity contribution in [2.45, 2.75) is 19.6 Å². The Morgan fingerprint density at radius 3 is 2.36 bits per heavy atom. The van der Waals surface area contributed by atoms with Crippen molar-refractivity contribution < 1.29 is 14.6 Å². The molecule has 1 aromatic heterocycles. The van der Waals surface area contributed by atoms with Gasteiger partial charge in [-0.15, -0.1) is 0 Å². The zero-order valence-electron chi connectivity index (χ0n) is 13.5. The van der Waals surface area contributed by atoms with Gasteiger partial charge in [-0.05, 0) is 24.6 Å². The molecule has 0 aliphatic rings. The summed E-state index contributed by atoms with van der Waals surface area (Å²) in [5.41, 5.74) is 2.99. The number of aliphatic hydroxyl groups excluding tert-OH is 1. The molecule has 0 fully saturated rings. The fraction of sp³-hybridized carbons (Fsp3) is 0.438. The van der Waals surface area contributed by atoms with Crippen molar-refractivity contribution in [3.8, 4) is 11.5 Å². The number of hydrogen-bond acceptors (Lipinski definition) is 5. The molecule has 22 heavy (non-hydrogen) atoms. The van der Waals surface area contributed by atoms with Crippen LogP contribution in [0.3, 0.4) is 0 Å². The number of aromatic nitrogens is 2. The Kier molecular flexibility index (Phi) is 5.41. The largest absolute Gasteiger partial charge is 0.497 e. The Hall–Kier alpha value is -2.05. The van der Waals surface area contributed by atoms with E-state index in [2.05, 4.69) is 10.4 Å². The Morgan fingerprint density at radius 2 is 1.86 bits per heavy atom. The second kappa shape index (κ2) is 7.29. The zero-order valence-corrected chi connectivity index (χ0v) is 13.5. The first-order chi connectivity index (χ1) is 10.5. The molecule has 1 atom stereocenters. The van der Waals surface area contributed by atoms with Gasteiger partial charge >= 0.3 is 0 Å². The van der Waals surface area contributed by atoms with Gasteiger partial charge in [0.15, 0.2) is 0 Å². The molecule has 1 unspecified atom stereocenters. The molecule has 0 radical (unpaired) electrons. The van der Waals surface area contributed by atoms with Crippen LogP contribution >= 0.6 is 0 Å². The van der Waals surface area contributed by atoms with Crippen LogP contribution in [0.4, 0.5) is 0 Å². The third-order valence-corrected chi connectivity index (χ3v) is 3.75. The van der Waals surface area contributed by atoms with Crippen LogP contribution in [0.2, 0.25) is 0 Å². The standard InChI is InChI=1S/C16H23N3O3/c1-11-13(9-18-19(11)2)8-17-10-16(20)12-5-14(21-3)7-15(6-12)22-4/h5-7,9,16-17,20H,8,10H2,1-4H3. The fourth-order valence-electron chi connectivity index (χ4n) is 2.20. The molecule has 2 aromatic rings. The maximum Gasteiger partial charge on any atom is 0.122 e. The Bertz CT molecular complexity index is 603. The highest BCUT2D eigenvalue weighted by molar-refractivity contribution is 5.39. The Morgan fingerprint density at radius 1 is 1.23 bits per heavy atom. The van der Waals surface area contributed by atoms with Crippen LogP contribution in [0, 0.1) is 6.92 Å². The summed E-state index contributed by atoms with van der Waals surface area (Å²) >= 11 is 0. The average molecular weight is 305 g/mol. The van der Waals surface area contributed by atoms with E-state index >= 15 is 0 Å². The molecule has 0 aliphatic carbocycles. The molecule has 2 N–H and O–H groups in total. The van der Waals surface area contributed by atoms with Crippen molar-refractivity contribution in [2.75, 3.05) is 20.8 Å². The van der Waals surface area contributed by atoms with Gasteiger partial charge in [-0.1, -0.05) is 0 Å². The molecule has 2 rings (SSSR count). The van der Waals surface area contributed by atoms with Crippen molar-refractivity contribution in [1.29, 1.82) is 0 Å². The van der Waals surface area contributed by atoms with Gasteiger partial charge < -0.3 is 19.9 Å². The SMILES string of the molecule is COc1cc(OC)cc(C(O)CNCc2cnn(C)c2C)c1. The number of nitrogens with one attached hydrogen (secondary N) is 1. The molecule has 120 valence electrons. The Labute approximate surface area is 130 Å². The van der Waals surface area contributed by atoms with Crippen LogP contribution in [0.25, 0.3) is 0 Å². The van der Waals surface area contributed by atoms with E-state index in [-0.39, 0.29) is 0 Å². The van der Waals surface area contributed by atoms with Crippen molar-refractivity contribution in [3.63, 3.8) is 0 Å². The fourth-order valence-corrected chi connectivity index (χ4v) is 2.20. The van der Waals surface area contributed by atoms with Gasteiger partial charge in [-0.2, -0.15) is 5.10 Å². The minimum Gasteiger partial charge on any atom is -0.497 e. The van der Waals surface area contributed by atoms with E-state index in [1.807, 2.05) is 37.0 Å². The molecule has 1 heterocycles. The summed E-state index contributed by atoms with van der Waals surface area (Å²) < 4.78 is 12.3. The lowest BCUT2D eigenvalue weighted by molar-refractivity contribution is 0.173. The molecular weight excluding hydrogens is 282 g/mol. The lowest BCUT2D eigenvalue weighted by Gasteiger charge is -2.14. The lowest BCUT2D eigenvalue weighted by Crippen LogP contribution is -2.21. The van der Waals surface area contributed by atoms with E-state index < -0.39 is 6.10 Å². The molecule has 6 nitrogen and oxygen atoms in total. The first-order valence-corrected chi connectivity index (χ1v) is 7.14. The number of ether oxygens (including phenoxy) is 2. The second-order valence-corrected chi connectivity index (χ2v) is 5.17. The number of hydrogen-bond donors (Lipinski definition) is 2. The molecule has 0 amide bonds. The maximum atomic E-state index is 10.3. The summed E-state index contributed by atoms with van der Waals surface area (Å²) in [7, 11) is 5.10. The van der Waals surface area contributed by atoms with Crippen molar-refractivity contribution in [3.05, 3.63) is 41.2 Å². The van der Waals surface area contributed by atoms with Crippen LogP contribution in [-0.2, 0) is 13.6 Å². The molecule has 0 saturated carbocycles. The number of aliphatic hydroxyl groups is 1. The minimum atomic E-state index is -0.638. The average Bonchev–Trinajstić information content (AvgIpc) is 2.86. The molecule has 0 aliphatic heterocycles. The smallest absolute Gasteiger partial charge is 0.122 e.